The second-order valence-corrected chi connectivity index (χ2v) is 4.73. The van der Waals surface area contributed by atoms with Gasteiger partial charge in [0.25, 0.3) is 5.91 Å². The van der Waals surface area contributed by atoms with Crippen LogP contribution in [0.5, 0.6) is 5.75 Å². The van der Waals surface area contributed by atoms with Gasteiger partial charge in [-0.2, -0.15) is 13.2 Å². The van der Waals surface area contributed by atoms with Gasteiger partial charge in [-0.1, -0.05) is 0 Å². The summed E-state index contributed by atoms with van der Waals surface area (Å²) >= 11 is 0. The zero-order valence-corrected chi connectivity index (χ0v) is 13.0. The minimum Gasteiger partial charge on any atom is -0.492 e. The topological polar surface area (TPSA) is 59.6 Å². The highest BCUT2D eigenvalue weighted by atomic mass is 35.5. The van der Waals surface area contributed by atoms with Crippen molar-refractivity contribution in [1.29, 1.82) is 0 Å². The summed E-state index contributed by atoms with van der Waals surface area (Å²) in [5, 5.41) is 5.69. The molecular weight excluding hydrogens is 337 g/mol. The molecule has 1 heterocycles. The van der Waals surface area contributed by atoms with Crippen molar-refractivity contribution in [1.82, 2.24) is 10.6 Å². The average molecular weight is 355 g/mol. The molecule has 2 N–H and O–H groups in total. The van der Waals surface area contributed by atoms with Crippen molar-refractivity contribution in [3.05, 3.63) is 29.8 Å². The van der Waals surface area contributed by atoms with Crippen molar-refractivity contribution in [2.45, 2.75) is 12.3 Å². The molecule has 9 heteroatoms. The highest BCUT2D eigenvalue weighted by molar-refractivity contribution is 5.85. The quantitative estimate of drug-likeness (QED) is 0.789. The second-order valence-electron chi connectivity index (χ2n) is 4.73. The van der Waals surface area contributed by atoms with Crippen LogP contribution in [0.25, 0.3) is 0 Å². The third-order valence-corrected chi connectivity index (χ3v) is 3.07. The average Bonchev–Trinajstić information content (AvgIpc) is 2.52. The number of amides is 1. The van der Waals surface area contributed by atoms with E-state index in [1.54, 1.807) is 0 Å². The molecule has 0 saturated carbocycles. The molecule has 0 radical (unpaired) electrons. The maximum absolute atomic E-state index is 12.4. The summed E-state index contributed by atoms with van der Waals surface area (Å²) < 4.78 is 47.7. The van der Waals surface area contributed by atoms with Crippen LogP contribution in [-0.2, 0) is 15.7 Å². The van der Waals surface area contributed by atoms with Crippen LogP contribution in [0.3, 0.4) is 0 Å². The van der Waals surface area contributed by atoms with Gasteiger partial charge in [0, 0.05) is 13.1 Å². The molecule has 1 unspecified atom stereocenters. The third kappa shape index (κ3) is 6.25. The first-order valence-corrected chi connectivity index (χ1v) is 6.87. The number of ether oxygens (including phenoxy) is 2. The predicted octanol–water partition coefficient (Wildman–Crippen LogP) is 1.61. The normalized spacial score (nSPS) is 18.0. The van der Waals surface area contributed by atoms with Crippen LogP contribution in [0, 0.1) is 0 Å². The summed E-state index contributed by atoms with van der Waals surface area (Å²) in [7, 11) is 0. The molecule has 1 fully saturated rings. The molecule has 1 saturated heterocycles. The van der Waals surface area contributed by atoms with Crippen LogP contribution >= 0.6 is 12.4 Å². The van der Waals surface area contributed by atoms with Gasteiger partial charge in [-0.3, -0.25) is 4.79 Å². The van der Waals surface area contributed by atoms with E-state index >= 15 is 0 Å². The summed E-state index contributed by atoms with van der Waals surface area (Å²) in [5.74, 6) is 0.0843. The third-order valence-electron chi connectivity index (χ3n) is 3.07. The molecule has 1 aliphatic heterocycles. The van der Waals surface area contributed by atoms with Crippen LogP contribution < -0.4 is 15.4 Å². The molecule has 23 heavy (non-hydrogen) atoms. The van der Waals surface area contributed by atoms with E-state index < -0.39 is 17.8 Å². The van der Waals surface area contributed by atoms with Crippen molar-refractivity contribution in [3.8, 4) is 5.75 Å². The maximum atomic E-state index is 12.4. The Balaban J connectivity index is 0.00000264. The van der Waals surface area contributed by atoms with Crippen LogP contribution in [0.1, 0.15) is 5.56 Å². The fourth-order valence-corrected chi connectivity index (χ4v) is 1.93. The standard InChI is InChI=1S/C14H17F3N2O3.ClH/c15-14(16,17)10-1-3-11(4-2-10)21-8-6-19-13(20)12-9-18-5-7-22-12;/h1-4,12,18H,5-9H2,(H,19,20);1H. The maximum Gasteiger partial charge on any atom is 0.416 e. The van der Waals surface area contributed by atoms with Crippen molar-refractivity contribution >= 4 is 18.3 Å². The number of hydrogen-bond donors (Lipinski definition) is 2. The number of carbonyl (C=O) groups is 1. The van der Waals surface area contributed by atoms with E-state index in [1.807, 2.05) is 0 Å². The molecule has 0 bridgehead atoms. The Kier molecular flexibility index (Phi) is 7.60. The Bertz CT molecular complexity index is 491. The summed E-state index contributed by atoms with van der Waals surface area (Å²) in [6.45, 7) is 2.09. The minimum atomic E-state index is -4.36. The molecule has 5 nitrogen and oxygen atoms in total. The summed E-state index contributed by atoms with van der Waals surface area (Å²) in [6.07, 6.45) is -4.87. The lowest BCUT2D eigenvalue weighted by Crippen LogP contribution is -2.48. The number of alkyl halides is 3. The molecule has 1 atom stereocenters. The first-order chi connectivity index (χ1) is 10.5. The van der Waals surface area contributed by atoms with E-state index in [9.17, 15) is 18.0 Å². The van der Waals surface area contributed by atoms with Gasteiger partial charge in [0.05, 0.1) is 18.7 Å². The molecule has 0 aliphatic carbocycles. The lowest BCUT2D eigenvalue weighted by atomic mass is 10.2. The predicted molar refractivity (Wildman–Crippen MR) is 79.8 cm³/mol. The van der Waals surface area contributed by atoms with Crippen molar-refractivity contribution in [3.63, 3.8) is 0 Å². The van der Waals surface area contributed by atoms with Crippen LogP contribution in [0.4, 0.5) is 13.2 Å². The van der Waals surface area contributed by atoms with Gasteiger partial charge < -0.3 is 20.1 Å². The summed E-state index contributed by atoms with van der Waals surface area (Å²) in [5.41, 5.74) is -0.727. The Morgan fingerprint density at radius 1 is 1.35 bits per heavy atom. The van der Waals surface area contributed by atoms with E-state index in [0.29, 0.717) is 18.9 Å². The lowest BCUT2D eigenvalue weighted by Gasteiger charge is -2.22. The van der Waals surface area contributed by atoms with Gasteiger partial charge in [-0.05, 0) is 24.3 Å². The van der Waals surface area contributed by atoms with E-state index in [0.717, 1.165) is 18.7 Å². The van der Waals surface area contributed by atoms with Gasteiger partial charge >= 0.3 is 6.18 Å². The summed E-state index contributed by atoms with van der Waals surface area (Å²) in [4.78, 5) is 11.7. The van der Waals surface area contributed by atoms with E-state index in [-0.39, 0.29) is 31.5 Å². The molecular formula is C14H18ClF3N2O3. The Labute approximate surface area is 137 Å². The fourth-order valence-electron chi connectivity index (χ4n) is 1.93. The smallest absolute Gasteiger partial charge is 0.416 e. The number of hydrogen-bond acceptors (Lipinski definition) is 4. The zero-order valence-electron chi connectivity index (χ0n) is 12.2. The van der Waals surface area contributed by atoms with E-state index in [2.05, 4.69) is 10.6 Å². The largest absolute Gasteiger partial charge is 0.492 e. The molecule has 1 aromatic rings. The number of benzene rings is 1. The second kappa shape index (κ2) is 8.95. The van der Waals surface area contributed by atoms with E-state index in [1.165, 1.54) is 12.1 Å². The first kappa shape index (κ1) is 19.5. The van der Waals surface area contributed by atoms with Crippen LogP contribution in [0.15, 0.2) is 24.3 Å². The van der Waals surface area contributed by atoms with Gasteiger partial charge in [0.2, 0.25) is 0 Å². The Morgan fingerprint density at radius 3 is 2.61 bits per heavy atom. The minimum absolute atomic E-state index is 0. The number of morpholine rings is 1. The van der Waals surface area contributed by atoms with Crippen molar-refractivity contribution in [2.24, 2.45) is 0 Å². The highest BCUT2D eigenvalue weighted by Crippen LogP contribution is 2.30. The molecule has 0 aromatic heterocycles. The number of rotatable bonds is 5. The number of nitrogens with one attached hydrogen (secondary N) is 2. The highest BCUT2D eigenvalue weighted by Gasteiger charge is 2.30. The van der Waals surface area contributed by atoms with E-state index in [4.69, 9.17) is 9.47 Å². The van der Waals surface area contributed by atoms with Crippen LogP contribution in [0.2, 0.25) is 0 Å². The van der Waals surface area contributed by atoms with Crippen molar-refractivity contribution in [2.75, 3.05) is 32.8 Å². The SMILES string of the molecule is Cl.O=C(NCCOc1ccc(C(F)(F)F)cc1)C1CNCCO1. The molecule has 1 aliphatic rings. The Hall–Kier alpha value is -1.51. The lowest BCUT2D eigenvalue weighted by molar-refractivity contribution is -0.137. The fraction of sp³-hybridized carbons (Fsp3) is 0.500. The van der Waals surface area contributed by atoms with Gasteiger partial charge in [0.1, 0.15) is 18.5 Å². The van der Waals surface area contributed by atoms with Gasteiger partial charge in [-0.15, -0.1) is 12.4 Å². The molecule has 1 aromatic carbocycles. The van der Waals surface area contributed by atoms with Crippen molar-refractivity contribution < 1.29 is 27.4 Å². The molecule has 0 spiro atoms. The molecule has 130 valence electrons. The van der Waals surface area contributed by atoms with Gasteiger partial charge in [0.15, 0.2) is 0 Å². The van der Waals surface area contributed by atoms with Gasteiger partial charge in [-0.25, -0.2) is 0 Å². The zero-order chi connectivity index (χ0) is 16.0. The van der Waals surface area contributed by atoms with Crippen LogP contribution in [-0.4, -0.2) is 44.9 Å². The monoisotopic (exact) mass is 354 g/mol. The number of carbonyl (C=O) groups excluding carboxylic acids is 1. The number of halogens is 4. The first-order valence-electron chi connectivity index (χ1n) is 6.87. The summed E-state index contributed by atoms with van der Waals surface area (Å²) in [6, 6.07) is 4.41. The Morgan fingerprint density at radius 2 is 2.04 bits per heavy atom. The molecule has 2 rings (SSSR count). The molecule has 1 amide bonds.